The van der Waals surface area contributed by atoms with Crippen LogP contribution in [0.3, 0.4) is 0 Å². The van der Waals surface area contributed by atoms with Gasteiger partial charge >= 0.3 is 5.97 Å². The van der Waals surface area contributed by atoms with E-state index in [0.717, 1.165) is 5.01 Å². The molecule has 7 heteroatoms. The normalized spacial score (nSPS) is 13.0. The number of carbonyl (C=O) groups is 3. The van der Waals surface area contributed by atoms with Gasteiger partial charge in [-0.1, -0.05) is 35.9 Å². The first-order valence-electron chi connectivity index (χ1n) is 8.66. The number of esters is 1. The number of benzene rings is 2. The molecule has 0 spiro atoms. The summed E-state index contributed by atoms with van der Waals surface area (Å²) < 4.78 is 6.43. The summed E-state index contributed by atoms with van der Waals surface area (Å²) in [5.41, 5.74) is 1.85. The van der Waals surface area contributed by atoms with Crippen LogP contribution < -0.4 is 5.01 Å². The molecule has 4 rings (SSSR count). The van der Waals surface area contributed by atoms with Crippen LogP contribution in [0.5, 0.6) is 0 Å². The van der Waals surface area contributed by atoms with E-state index < -0.39 is 17.8 Å². The SMILES string of the molecule is CCOC(=O)c1ccc(-c2ccc(Cl)cc2)n1N1C(=O)c2ccccc2C1=O. The number of amides is 2. The van der Waals surface area contributed by atoms with E-state index in [0.29, 0.717) is 16.3 Å². The molecule has 28 heavy (non-hydrogen) atoms. The molecule has 0 unspecified atom stereocenters. The lowest BCUT2D eigenvalue weighted by Crippen LogP contribution is -2.42. The summed E-state index contributed by atoms with van der Waals surface area (Å²) in [6, 6.07) is 16.6. The van der Waals surface area contributed by atoms with Gasteiger partial charge in [-0.05, 0) is 43.3 Å². The number of carbonyl (C=O) groups excluding carboxylic acids is 3. The summed E-state index contributed by atoms with van der Waals surface area (Å²) in [7, 11) is 0. The predicted molar refractivity (Wildman–Crippen MR) is 104 cm³/mol. The fourth-order valence-corrected chi connectivity index (χ4v) is 3.33. The van der Waals surface area contributed by atoms with Crippen LogP contribution in [0.1, 0.15) is 38.1 Å². The van der Waals surface area contributed by atoms with E-state index in [-0.39, 0.29) is 23.4 Å². The van der Waals surface area contributed by atoms with Crippen molar-refractivity contribution in [2.45, 2.75) is 6.92 Å². The Bertz CT molecular complexity index is 1070. The van der Waals surface area contributed by atoms with Gasteiger partial charge in [-0.15, -0.1) is 0 Å². The van der Waals surface area contributed by atoms with Crippen molar-refractivity contribution in [3.05, 3.63) is 82.5 Å². The highest BCUT2D eigenvalue weighted by atomic mass is 35.5. The molecule has 3 aromatic rings. The van der Waals surface area contributed by atoms with Crippen molar-refractivity contribution >= 4 is 29.4 Å². The predicted octanol–water partition coefficient (Wildman–Crippen LogP) is 3.92. The Labute approximate surface area is 165 Å². The molecule has 0 saturated heterocycles. The van der Waals surface area contributed by atoms with Gasteiger partial charge in [0.2, 0.25) is 0 Å². The van der Waals surface area contributed by atoms with Gasteiger partial charge in [0, 0.05) is 10.6 Å². The Morgan fingerprint density at radius 1 is 0.929 bits per heavy atom. The van der Waals surface area contributed by atoms with E-state index in [1.807, 2.05) is 0 Å². The minimum atomic E-state index is -0.626. The summed E-state index contributed by atoms with van der Waals surface area (Å²) >= 11 is 5.97. The number of hydrogen-bond acceptors (Lipinski definition) is 4. The van der Waals surface area contributed by atoms with Crippen LogP contribution in [0.15, 0.2) is 60.7 Å². The molecule has 0 fully saturated rings. The van der Waals surface area contributed by atoms with Crippen LogP contribution in [0, 0.1) is 0 Å². The number of halogens is 1. The Balaban J connectivity index is 1.91. The zero-order valence-electron chi connectivity index (χ0n) is 14.9. The number of hydrogen-bond donors (Lipinski definition) is 0. The molecule has 2 amide bonds. The Morgan fingerprint density at radius 2 is 1.54 bits per heavy atom. The van der Waals surface area contributed by atoms with Crippen molar-refractivity contribution in [3.8, 4) is 11.3 Å². The smallest absolute Gasteiger partial charge is 0.356 e. The van der Waals surface area contributed by atoms with Gasteiger partial charge in [-0.3, -0.25) is 9.59 Å². The van der Waals surface area contributed by atoms with E-state index in [1.54, 1.807) is 61.5 Å². The number of fused-ring (bicyclic) bond motifs is 1. The van der Waals surface area contributed by atoms with Gasteiger partial charge in [0.05, 0.1) is 23.4 Å². The standard InChI is InChI=1S/C21H15ClN2O4/c1-2-28-21(27)18-12-11-17(13-7-9-14(22)10-8-13)23(18)24-19(25)15-5-3-4-6-16(15)20(24)26/h3-12H,2H2,1H3. The maximum absolute atomic E-state index is 13.0. The van der Waals surface area contributed by atoms with Crippen LogP contribution in [0.4, 0.5) is 0 Å². The van der Waals surface area contributed by atoms with E-state index in [2.05, 4.69) is 0 Å². The molecule has 0 atom stereocenters. The number of aromatic nitrogens is 1. The zero-order valence-corrected chi connectivity index (χ0v) is 15.6. The summed E-state index contributed by atoms with van der Waals surface area (Å²) in [6.45, 7) is 1.86. The average molecular weight is 395 g/mol. The van der Waals surface area contributed by atoms with E-state index in [4.69, 9.17) is 16.3 Å². The molecule has 6 nitrogen and oxygen atoms in total. The minimum absolute atomic E-state index is 0.0845. The van der Waals surface area contributed by atoms with Gasteiger partial charge in [0.1, 0.15) is 5.69 Å². The minimum Gasteiger partial charge on any atom is -0.461 e. The number of imide groups is 1. The van der Waals surface area contributed by atoms with Crippen molar-refractivity contribution in [1.82, 2.24) is 4.68 Å². The van der Waals surface area contributed by atoms with Gasteiger partial charge in [0.15, 0.2) is 0 Å². The summed E-state index contributed by atoms with van der Waals surface area (Å²) in [5.74, 6) is -1.63. The van der Waals surface area contributed by atoms with Crippen molar-refractivity contribution in [3.63, 3.8) is 0 Å². The lowest BCUT2D eigenvalue weighted by Gasteiger charge is -2.21. The summed E-state index contributed by atoms with van der Waals surface area (Å²) in [5, 5.41) is 1.52. The molecule has 140 valence electrons. The highest BCUT2D eigenvalue weighted by Gasteiger charge is 2.39. The third-order valence-electron chi connectivity index (χ3n) is 4.45. The topological polar surface area (TPSA) is 68.6 Å². The van der Waals surface area contributed by atoms with Crippen LogP contribution in [0.25, 0.3) is 11.3 Å². The van der Waals surface area contributed by atoms with Crippen molar-refractivity contribution in [1.29, 1.82) is 0 Å². The summed E-state index contributed by atoms with van der Waals surface area (Å²) in [6.07, 6.45) is 0. The van der Waals surface area contributed by atoms with Gasteiger partial charge < -0.3 is 4.74 Å². The monoisotopic (exact) mass is 394 g/mol. The molecule has 0 N–H and O–H groups in total. The zero-order chi connectivity index (χ0) is 19.8. The maximum Gasteiger partial charge on any atom is 0.356 e. The molecule has 2 heterocycles. The number of nitrogens with zero attached hydrogens (tertiary/aromatic N) is 2. The molecule has 1 aliphatic heterocycles. The second kappa shape index (κ2) is 6.98. The molecule has 0 saturated carbocycles. The Hall–Kier alpha value is -3.38. The van der Waals surface area contributed by atoms with Crippen LogP contribution >= 0.6 is 11.6 Å². The van der Waals surface area contributed by atoms with Crippen molar-refractivity contribution in [2.24, 2.45) is 0 Å². The third-order valence-corrected chi connectivity index (χ3v) is 4.70. The Kier molecular flexibility index (Phi) is 4.49. The molecule has 1 aliphatic rings. The van der Waals surface area contributed by atoms with Gasteiger partial charge in [-0.2, -0.15) is 5.01 Å². The molecule has 0 radical (unpaired) electrons. The fraction of sp³-hybridized carbons (Fsp3) is 0.0952. The second-order valence-corrected chi connectivity index (χ2v) is 6.55. The Morgan fingerprint density at radius 3 is 2.11 bits per heavy atom. The molecule has 2 aromatic carbocycles. The first kappa shape index (κ1) is 18.0. The first-order chi connectivity index (χ1) is 13.5. The van der Waals surface area contributed by atoms with Crippen molar-refractivity contribution < 1.29 is 19.1 Å². The van der Waals surface area contributed by atoms with Gasteiger partial charge in [-0.25, -0.2) is 9.47 Å². The fourth-order valence-electron chi connectivity index (χ4n) is 3.20. The number of ether oxygens (including phenoxy) is 1. The maximum atomic E-state index is 13.0. The molecule has 1 aromatic heterocycles. The lowest BCUT2D eigenvalue weighted by molar-refractivity contribution is 0.0514. The lowest BCUT2D eigenvalue weighted by atomic mass is 10.1. The van der Waals surface area contributed by atoms with E-state index >= 15 is 0 Å². The van der Waals surface area contributed by atoms with Crippen LogP contribution in [-0.2, 0) is 4.74 Å². The van der Waals surface area contributed by atoms with E-state index in [1.165, 1.54) is 10.7 Å². The quantitative estimate of drug-likeness (QED) is 0.497. The third kappa shape index (κ3) is 2.78. The summed E-state index contributed by atoms with van der Waals surface area (Å²) in [4.78, 5) is 38.5. The van der Waals surface area contributed by atoms with Crippen molar-refractivity contribution in [2.75, 3.05) is 11.6 Å². The molecular formula is C21H15ClN2O4. The van der Waals surface area contributed by atoms with Gasteiger partial charge in [0.25, 0.3) is 11.8 Å². The molecule has 0 bridgehead atoms. The first-order valence-corrected chi connectivity index (χ1v) is 9.03. The molecule has 0 aliphatic carbocycles. The number of rotatable bonds is 4. The largest absolute Gasteiger partial charge is 0.461 e. The van der Waals surface area contributed by atoms with Crippen LogP contribution in [0.2, 0.25) is 5.02 Å². The van der Waals surface area contributed by atoms with E-state index in [9.17, 15) is 14.4 Å². The second-order valence-electron chi connectivity index (χ2n) is 6.11. The molecular weight excluding hydrogens is 380 g/mol. The van der Waals surface area contributed by atoms with Crippen LogP contribution in [-0.4, -0.2) is 29.1 Å². The highest BCUT2D eigenvalue weighted by molar-refractivity contribution is 6.31. The highest BCUT2D eigenvalue weighted by Crippen LogP contribution is 2.29. The average Bonchev–Trinajstić information content (AvgIpc) is 3.23.